The number of hydrogen-bond donors (Lipinski definition) is 2. The zero-order valence-corrected chi connectivity index (χ0v) is 16.0. The molecule has 2 aromatic rings. The van der Waals surface area contributed by atoms with Gasteiger partial charge in [0, 0.05) is 17.8 Å². The molecule has 2 N–H and O–H groups in total. The van der Waals surface area contributed by atoms with Gasteiger partial charge in [0.2, 0.25) is 10.0 Å². The van der Waals surface area contributed by atoms with E-state index in [-0.39, 0.29) is 18.4 Å². The van der Waals surface area contributed by atoms with Crippen LogP contribution in [0.3, 0.4) is 0 Å². The molecule has 2 heterocycles. The molecule has 0 bridgehead atoms. The Kier molecular flexibility index (Phi) is 4.46. The molecule has 2 aliphatic rings. The van der Waals surface area contributed by atoms with Gasteiger partial charge in [-0.05, 0) is 54.8 Å². The van der Waals surface area contributed by atoms with E-state index < -0.39 is 10.0 Å². The fourth-order valence-corrected chi connectivity index (χ4v) is 4.41. The molecule has 0 spiro atoms. The Morgan fingerprint density at radius 1 is 1.21 bits per heavy atom. The summed E-state index contributed by atoms with van der Waals surface area (Å²) < 4.78 is 30.6. The quantitative estimate of drug-likeness (QED) is 0.818. The van der Waals surface area contributed by atoms with Crippen molar-refractivity contribution in [1.29, 1.82) is 0 Å². The number of nitrogens with zero attached hydrogens (tertiary/aromatic N) is 1. The van der Waals surface area contributed by atoms with Gasteiger partial charge in [0.1, 0.15) is 5.75 Å². The van der Waals surface area contributed by atoms with Crippen molar-refractivity contribution >= 4 is 38.9 Å². The molecule has 2 amide bonds. The van der Waals surface area contributed by atoms with Crippen LogP contribution in [0, 0.1) is 0 Å². The third-order valence-electron chi connectivity index (χ3n) is 4.69. The topological polar surface area (TPSA) is 105 Å². The molecular formula is C19H19N3O5S. The van der Waals surface area contributed by atoms with Gasteiger partial charge in [0.25, 0.3) is 11.8 Å². The second-order valence-corrected chi connectivity index (χ2v) is 8.69. The van der Waals surface area contributed by atoms with Crippen molar-refractivity contribution in [3.05, 3.63) is 47.5 Å². The summed E-state index contributed by atoms with van der Waals surface area (Å²) in [4.78, 5) is 24.1. The van der Waals surface area contributed by atoms with Gasteiger partial charge in [-0.2, -0.15) is 0 Å². The van der Waals surface area contributed by atoms with E-state index in [2.05, 4.69) is 10.6 Å². The Bertz CT molecular complexity index is 1080. The molecule has 0 aromatic heterocycles. The number of fused-ring (bicyclic) bond motifs is 2. The average molecular weight is 401 g/mol. The first kappa shape index (κ1) is 18.3. The minimum atomic E-state index is -3.35. The molecule has 0 saturated carbocycles. The van der Waals surface area contributed by atoms with Gasteiger partial charge in [-0.15, -0.1) is 0 Å². The van der Waals surface area contributed by atoms with Crippen LogP contribution in [0.1, 0.15) is 22.3 Å². The lowest BCUT2D eigenvalue weighted by Gasteiger charge is -2.29. The van der Waals surface area contributed by atoms with Crippen molar-refractivity contribution in [1.82, 2.24) is 0 Å². The van der Waals surface area contributed by atoms with Crippen molar-refractivity contribution < 1.29 is 22.7 Å². The summed E-state index contributed by atoms with van der Waals surface area (Å²) >= 11 is 0. The number of benzene rings is 2. The Balaban J connectivity index is 1.56. The fourth-order valence-electron chi connectivity index (χ4n) is 3.41. The van der Waals surface area contributed by atoms with Gasteiger partial charge in [-0.25, -0.2) is 8.42 Å². The zero-order valence-electron chi connectivity index (χ0n) is 15.2. The van der Waals surface area contributed by atoms with E-state index in [4.69, 9.17) is 4.74 Å². The van der Waals surface area contributed by atoms with Crippen LogP contribution in [-0.4, -0.2) is 39.6 Å². The number of anilines is 3. The van der Waals surface area contributed by atoms with Crippen molar-refractivity contribution in [2.24, 2.45) is 0 Å². The number of amides is 2. The second-order valence-electron chi connectivity index (χ2n) is 6.78. The summed E-state index contributed by atoms with van der Waals surface area (Å²) in [5.74, 6) is -0.0179. The van der Waals surface area contributed by atoms with Gasteiger partial charge in [0.05, 0.1) is 17.6 Å². The second kappa shape index (κ2) is 6.83. The van der Waals surface area contributed by atoms with Crippen LogP contribution in [0.4, 0.5) is 17.1 Å². The molecule has 4 rings (SSSR count). The summed E-state index contributed by atoms with van der Waals surface area (Å²) in [6.07, 6.45) is 2.60. The highest BCUT2D eigenvalue weighted by Crippen LogP contribution is 2.32. The maximum atomic E-state index is 12.6. The molecule has 0 radical (unpaired) electrons. The number of aryl methyl sites for hydroxylation is 1. The van der Waals surface area contributed by atoms with Crippen LogP contribution in [0.5, 0.6) is 5.75 Å². The van der Waals surface area contributed by atoms with Gasteiger partial charge >= 0.3 is 0 Å². The van der Waals surface area contributed by atoms with Gasteiger partial charge in [-0.1, -0.05) is 0 Å². The van der Waals surface area contributed by atoms with E-state index in [1.807, 2.05) is 0 Å². The monoisotopic (exact) mass is 401 g/mol. The van der Waals surface area contributed by atoms with Crippen LogP contribution in [0.25, 0.3) is 0 Å². The molecule has 2 aromatic carbocycles. The van der Waals surface area contributed by atoms with E-state index in [1.54, 1.807) is 36.4 Å². The molecule has 8 nitrogen and oxygen atoms in total. The predicted octanol–water partition coefficient (Wildman–Crippen LogP) is 1.98. The largest absolute Gasteiger partial charge is 0.482 e. The zero-order chi connectivity index (χ0) is 19.9. The average Bonchev–Trinajstić information content (AvgIpc) is 2.66. The van der Waals surface area contributed by atoms with Crippen LogP contribution in [0.2, 0.25) is 0 Å². The highest BCUT2D eigenvalue weighted by Gasteiger charge is 2.25. The van der Waals surface area contributed by atoms with E-state index in [9.17, 15) is 18.0 Å². The van der Waals surface area contributed by atoms with E-state index >= 15 is 0 Å². The normalized spacial score (nSPS) is 15.8. The summed E-state index contributed by atoms with van der Waals surface area (Å²) in [5.41, 5.74) is 2.91. The van der Waals surface area contributed by atoms with Crippen molar-refractivity contribution in [2.75, 3.05) is 34.3 Å². The lowest BCUT2D eigenvalue weighted by atomic mass is 10.0. The molecule has 0 unspecified atom stereocenters. The maximum absolute atomic E-state index is 12.6. The molecule has 0 aliphatic carbocycles. The molecule has 0 atom stereocenters. The lowest BCUT2D eigenvalue weighted by Crippen LogP contribution is -2.34. The number of sulfonamides is 1. The van der Waals surface area contributed by atoms with Crippen molar-refractivity contribution in [3.63, 3.8) is 0 Å². The van der Waals surface area contributed by atoms with E-state index in [0.717, 1.165) is 5.56 Å². The van der Waals surface area contributed by atoms with Crippen LogP contribution in [0.15, 0.2) is 36.4 Å². The summed E-state index contributed by atoms with van der Waals surface area (Å²) in [7, 11) is -3.35. The third-order valence-corrected chi connectivity index (χ3v) is 5.87. The molecule has 0 saturated heterocycles. The first-order valence-electron chi connectivity index (χ1n) is 8.80. The third kappa shape index (κ3) is 3.53. The predicted molar refractivity (Wildman–Crippen MR) is 105 cm³/mol. The number of nitrogens with one attached hydrogen (secondary N) is 2. The Morgan fingerprint density at radius 2 is 2.04 bits per heavy atom. The molecule has 2 aliphatic heterocycles. The Hall–Kier alpha value is -3.07. The summed E-state index contributed by atoms with van der Waals surface area (Å²) in [5, 5.41) is 5.49. The summed E-state index contributed by atoms with van der Waals surface area (Å²) in [6, 6.07) is 10.0. The van der Waals surface area contributed by atoms with Crippen molar-refractivity contribution in [3.8, 4) is 5.75 Å². The molecule has 146 valence electrons. The van der Waals surface area contributed by atoms with Gasteiger partial charge in [0.15, 0.2) is 6.61 Å². The van der Waals surface area contributed by atoms with Crippen molar-refractivity contribution in [2.45, 2.75) is 12.8 Å². The molecular weight excluding hydrogens is 382 g/mol. The SMILES string of the molecule is CS(=O)(=O)N1CCCc2cc(C(=O)Nc3ccc4c(c3)NC(=O)CO4)ccc21. The first-order valence-corrected chi connectivity index (χ1v) is 10.6. The number of carbonyl (C=O) groups excluding carboxylic acids is 2. The highest BCUT2D eigenvalue weighted by atomic mass is 32.2. The Morgan fingerprint density at radius 3 is 2.82 bits per heavy atom. The number of hydrogen-bond acceptors (Lipinski definition) is 5. The first-order chi connectivity index (χ1) is 13.3. The molecule has 9 heteroatoms. The van der Waals surface area contributed by atoms with E-state index in [1.165, 1.54) is 10.6 Å². The van der Waals surface area contributed by atoms with Crippen LogP contribution in [-0.2, 0) is 21.2 Å². The number of ether oxygens (including phenoxy) is 1. The standard InChI is InChI=1S/C19H19N3O5S/c1-28(25,26)22-8-2-3-12-9-13(4-6-16(12)22)19(24)20-14-5-7-17-15(10-14)21-18(23)11-27-17/h4-7,9-10H,2-3,8,11H2,1H3,(H,20,24)(H,21,23). The Labute approximate surface area is 162 Å². The minimum absolute atomic E-state index is 0.0294. The maximum Gasteiger partial charge on any atom is 0.262 e. The van der Waals surface area contributed by atoms with Gasteiger partial charge in [-0.3, -0.25) is 13.9 Å². The number of rotatable bonds is 3. The summed E-state index contributed by atoms with van der Waals surface area (Å²) in [6.45, 7) is 0.415. The number of carbonyl (C=O) groups is 2. The van der Waals surface area contributed by atoms with Crippen LogP contribution >= 0.6 is 0 Å². The molecule has 0 fully saturated rings. The minimum Gasteiger partial charge on any atom is -0.482 e. The van der Waals surface area contributed by atoms with Crippen LogP contribution < -0.4 is 19.7 Å². The van der Waals surface area contributed by atoms with Gasteiger partial charge < -0.3 is 15.4 Å². The highest BCUT2D eigenvalue weighted by molar-refractivity contribution is 7.92. The lowest BCUT2D eigenvalue weighted by molar-refractivity contribution is -0.118. The van der Waals surface area contributed by atoms with E-state index in [0.29, 0.717) is 47.8 Å². The smallest absolute Gasteiger partial charge is 0.262 e. The fraction of sp³-hybridized carbons (Fsp3) is 0.263. The molecule has 28 heavy (non-hydrogen) atoms.